The van der Waals surface area contributed by atoms with Gasteiger partial charge in [-0.15, -0.1) is 0 Å². The molecule has 0 bridgehead atoms. The Balaban J connectivity index is 0.00000301. The number of benzene rings is 1. The van der Waals surface area contributed by atoms with E-state index in [0.717, 1.165) is 6.08 Å². The number of nitrogens with two attached hydrogens (primary N) is 1. The SMILES string of the molecule is CC.N=C(N=C(N)/C=C\C(=O)O)c1cc(C(F)(F)F)cc(C(F)(F)F)c1. The zero-order valence-electron chi connectivity index (χ0n) is 13.5. The molecule has 0 aromatic heterocycles. The van der Waals surface area contributed by atoms with Crippen LogP contribution in [0.25, 0.3) is 0 Å². The lowest BCUT2D eigenvalue weighted by Crippen LogP contribution is -2.15. The monoisotopic (exact) mass is 383 g/mol. The topological polar surface area (TPSA) is 99.5 Å². The molecular weight excluding hydrogens is 368 g/mol. The average molecular weight is 383 g/mol. The van der Waals surface area contributed by atoms with E-state index < -0.39 is 46.7 Å². The maximum Gasteiger partial charge on any atom is 0.416 e. The van der Waals surface area contributed by atoms with E-state index in [9.17, 15) is 31.1 Å². The summed E-state index contributed by atoms with van der Waals surface area (Å²) in [6, 6.07) is 0.540. The van der Waals surface area contributed by atoms with Gasteiger partial charge in [0.1, 0.15) is 5.84 Å². The Bertz CT molecular complexity index is 689. The number of aliphatic imine (C=N–C) groups is 1. The Morgan fingerprint density at radius 2 is 1.46 bits per heavy atom. The Morgan fingerprint density at radius 3 is 1.81 bits per heavy atom. The van der Waals surface area contributed by atoms with Gasteiger partial charge in [-0.1, -0.05) is 13.8 Å². The number of carboxylic acid groups (broad SMARTS) is 1. The third-order valence-electron chi connectivity index (χ3n) is 2.50. The molecule has 0 saturated heterocycles. The number of carbonyl (C=O) groups is 1. The summed E-state index contributed by atoms with van der Waals surface area (Å²) in [5, 5.41) is 15.8. The number of amidine groups is 2. The van der Waals surface area contributed by atoms with E-state index in [-0.39, 0.29) is 6.07 Å². The Morgan fingerprint density at radius 1 is 1.04 bits per heavy atom. The molecule has 0 aliphatic rings. The lowest BCUT2D eigenvalue weighted by atomic mass is 10.0. The predicted octanol–water partition coefficient (Wildman–Crippen LogP) is 4.07. The summed E-state index contributed by atoms with van der Waals surface area (Å²) >= 11 is 0. The van der Waals surface area contributed by atoms with Gasteiger partial charge in [0.2, 0.25) is 0 Å². The quantitative estimate of drug-likeness (QED) is 0.317. The first kappa shape index (κ1) is 23.2. The molecule has 0 saturated carbocycles. The van der Waals surface area contributed by atoms with E-state index in [2.05, 4.69) is 4.99 Å². The normalized spacial score (nSPS) is 12.5. The number of aliphatic carboxylic acids is 1. The molecule has 1 aromatic carbocycles. The van der Waals surface area contributed by atoms with Gasteiger partial charge in [-0.3, -0.25) is 5.41 Å². The summed E-state index contributed by atoms with van der Waals surface area (Å²) in [4.78, 5) is 13.5. The molecule has 0 fully saturated rings. The van der Waals surface area contributed by atoms with Crippen molar-refractivity contribution in [1.82, 2.24) is 0 Å². The molecule has 0 aliphatic heterocycles. The predicted molar refractivity (Wildman–Crippen MR) is 83.0 cm³/mol. The van der Waals surface area contributed by atoms with Crippen molar-refractivity contribution >= 4 is 17.6 Å². The molecule has 0 aliphatic carbocycles. The van der Waals surface area contributed by atoms with Crippen molar-refractivity contribution in [3.05, 3.63) is 47.0 Å². The van der Waals surface area contributed by atoms with Crippen LogP contribution in [0.1, 0.15) is 30.5 Å². The second-order valence-electron chi connectivity index (χ2n) is 4.35. The van der Waals surface area contributed by atoms with Crippen molar-refractivity contribution in [1.29, 1.82) is 5.41 Å². The molecule has 11 heteroatoms. The second-order valence-corrected chi connectivity index (χ2v) is 4.35. The van der Waals surface area contributed by atoms with Gasteiger partial charge in [0, 0.05) is 11.6 Å². The highest BCUT2D eigenvalue weighted by molar-refractivity contribution is 6.08. The van der Waals surface area contributed by atoms with Crippen molar-refractivity contribution in [3.8, 4) is 0 Å². The van der Waals surface area contributed by atoms with Crippen LogP contribution in [0, 0.1) is 5.41 Å². The van der Waals surface area contributed by atoms with E-state index in [4.69, 9.17) is 16.2 Å². The molecular formula is C15H15F6N3O2. The lowest BCUT2D eigenvalue weighted by Gasteiger charge is -2.13. The number of nitrogens with one attached hydrogen (secondary N) is 1. The molecule has 0 heterocycles. The molecule has 0 unspecified atom stereocenters. The van der Waals surface area contributed by atoms with Crippen LogP contribution in [-0.2, 0) is 17.1 Å². The zero-order chi connectivity index (χ0) is 20.7. The number of alkyl halides is 6. The number of nitrogens with zero attached hydrogens (tertiary/aromatic N) is 1. The van der Waals surface area contributed by atoms with Crippen LogP contribution < -0.4 is 5.73 Å². The van der Waals surface area contributed by atoms with Crippen LogP contribution in [0.15, 0.2) is 35.3 Å². The molecule has 26 heavy (non-hydrogen) atoms. The number of rotatable bonds is 3. The molecule has 0 atom stereocenters. The van der Waals surface area contributed by atoms with Gasteiger partial charge in [0.15, 0.2) is 5.84 Å². The minimum Gasteiger partial charge on any atom is -0.478 e. The highest BCUT2D eigenvalue weighted by Gasteiger charge is 2.37. The lowest BCUT2D eigenvalue weighted by molar-refractivity contribution is -0.143. The van der Waals surface area contributed by atoms with Crippen molar-refractivity contribution in [3.63, 3.8) is 0 Å². The van der Waals surface area contributed by atoms with E-state index in [1.165, 1.54) is 0 Å². The minimum atomic E-state index is -5.06. The fourth-order valence-electron chi connectivity index (χ4n) is 1.48. The van der Waals surface area contributed by atoms with Gasteiger partial charge in [0.25, 0.3) is 0 Å². The first-order chi connectivity index (χ1) is 11.8. The fourth-order valence-corrected chi connectivity index (χ4v) is 1.48. The van der Waals surface area contributed by atoms with Crippen molar-refractivity contribution in [2.75, 3.05) is 0 Å². The fraction of sp³-hybridized carbons (Fsp3) is 0.267. The van der Waals surface area contributed by atoms with Crippen LogP contribution in [-0.4, -0.2) is 22.7 Å². The van der Waals surface area contributed by atoms with Crippen LogP contribution >= 0.6 is 0 Å². The minimum absolute atomic E-state index is 0.0891. The van der Waals surface area contributed by atoms with Gasteiger partial charge in [-0.05, 0) is 24.3 Å². The Kier molecular flexibility index (Phi) is 8.03. The van der Waals surface area contributed by atoms with Crippen LogP contribution in [0.4, 0.5) is 26.3 Å². The van der Waals surface area contributed by atoms with Crippen LogP contribution in [0.5, 0.6) is 0 Å². The molecule has 0 amide bonds. The van der Waals surface area contributed by atoms with Crippen LogP contribution in [0.2, 0.25) is 0 Å². The van der Waals surface area contributed by atoms with E-state index >= 15 is 0 Å². The van der Waals surface area contributed by atoms with Gasteiger partial charge < -0.3 is 10.8 Å². The molecule has 4 N–H and O–H groups in total. The smallest absolute Gasteiger partial charge is 0.416 e. The molecule has 1 rings (SSSR count). The number of hydrogen-bond acceptors (Lipinski definition) is 2. The molecule has 5 nitrogen and oxygen atoms in total. The summed E-state index contributed by atoms with van der Waals surface area (Å²) in [5.74, 6) is -2.97. The van der Waals surface area contributed by atoms with E-state index in [1.54, 1.807) is 0 Å². The molecule has 1 aromatic rings. The molecule has 0 radical (unpaired) electrons. The Hall–Kier alpha value is -2.85. The first-order valence-electron chi connectivity index (χ1n) is 6.94. The van der Waals surface area contributed by atoms with Crippen molar-refractivity contribution in [2.24, 2.45) is 10.7 Å². The summed E-state index contributed by atoms with van der Waals surface area (Å²) in [6.45, 7) is 4.00. The van der Waals surface area contributed by atoms with Crippen molar-refractivity contribution in [2.45, 2.75) is 26.2 Å². The summed E-state index contributed by atoms with van der Waals surface area (Å²) in [6.07, 6.45) is -8.85. The van der Waals surface area contributed by atoms with Gasteiger partial charge in [-0.25, -0.2) is 9.79 Å². The first-order valence-corrected chi connectivity index (χ1v) is 6.94. The number of hydrogen-bond donors (Lipinski definition) is 3. The van der Waals surface area contributed by atoms with Gasteiger partial charge >= 0.3 is 18.3 Å². The third-order valence-corrected chi connectivity index (χ3v) is 2.50. The third kappa shape index (κ3) is 7.36. The van der Waals surface area contributed by atoms with Gasteiger partial charge in [-0.2, -0.15) is 26.3 Å². The molecule has 144 valence electrons. The van der Waals surface area contributed by atoms with Gasteiger partial charge in [0.05, 0.1) is 11.1 Å². The van der Waals surface area contributed by atoms with Crippen LogP contribution in [0.3, 0.4) is 0 Å². The van der Waals surface area contributed by atoms with E-state index in [1.807, 2.05) is 13.8 Å². The number of halogens is 6. The average Bonchev–Trinajstić information content (AvgIpc) is 2.52. The largest absolute Gasteiger partial charge is 0.478 e. The van der Waals surface area contributed by atoms with E-state index in [0.29, 0.717) is 18.2 Å². The number of carboxylic acids is 1. The maximum atomic E-state index is 12.7. The zero-order valence-corrected chi connectivity index (χ0v) is 13.5. The summed E-state index contributed by atoms with van der Waals surface area (Å²) in [5.41, 5.74) is 1.24. The summed E-state index contributed by atoms with van der Waals surface area (Å²) in [7, 11) is 0. The standard InChI is InChI=1S/C13H9F6N3O2.C2H6/c14-12(15,16)7-3-6(4-8(5-7)13(17,18)19)11(21)22-9(20)1-2-10(23)24;1-2/h1-5H,(H,23,24)(H3,20,21,22);1-2H3/b2-1-;. The highest BCUT2D eigenvalue weighted by atomic mass is 19.4. The highest BCUT2D eigenvalue weighted by Crippen LogP contribution is 2.36. The Labute approximate surface area is 144 Å². The molecule has 0 spiro atoms. The second kappa shape index (κ2) is 9.02. The summed E-state index contributed by atoms with van der Waals surface area (Å²) < 4.78 is 76.2. The maximum absolute atomic E-state index is 12.7. The van der Waals surface area contributed by atoms with Crippen molar-refractivity contribution < 1.29 is 36.2 Å².